The largest absolute Gasteiger partial charge is 0.493 e. The summed E-state index contributed by atoms with van der Waals surface area (Å²) >= 11 is 0. The lowest BCUT2D eigenvalue weighted by Gasteiger charge is -2.16. The van der Waals surface area contributed by atoms with Crippen LogP contribution in [-0.4, -0.2) is 23.3 Å². The monoisotopic (exact) mass is 454 g/mol. The smallest absolute Gasteiger partial charge is 0.278 e. The normalized spacial score (nSPS) is 13.7. The van der Waals surface area contributed by atoms with Gasteiger partial charge in [-0.1, -0.05) is 68.4 Å². The number of hydrogen-bond acceptors (Lipinski definition) is 4. The second kappa shape index (κ2) is 9.96. The third kappa shape index (κ3) is 5.04. The number of benzene rings is 3. The van der Waals surface area contributed by atoms with Crippen molar-refractivity contribution in [3.8, 4) is 5.75 Å². The van der Waals surface area contributed by atoms with Crippen LogP contribution in [0.4, 0.5) is 5.69 Å². The van der Waals surface area contributed by atoms with E-state index in [9.17, 15) is 9.59 Å². The van der Waals surface area contributed by atoms with Crippen molar-refractivity contribution >= 4 is 23.1 Å². The molecule has 0 aromatic heterocycles. The molecular formula is C29H30N2O3. The second-order valence-corrected chi connectivity index (χ2v) is 9.10. The number of nitrogens with one attached hydrogen (secondary N) is 1. The van der Waals surface area contributed by atoms with Crippen LogP contribution < -0.4 is 10.1 Å². The zero-order valence-corrected chi connectivity index (χ0v) is 20.1. The first kappa shape index (κ1) is 23.3. The van der Waals surface area contributed by atoms with E-state index in [2.05, 4.69) is 19.2 Å². The number of anilines is 1. The van der Waals surface area contributed by atoms with E-state index in [1.54, 1.807) is 0 Å². The van der Waals surface area contributed by atoms with Gasteiger partial charge >= 0.3 is 0 Å². The summed E-state index contributed by atoms with van der Waals surface area (Å²) in [6.45, 7) is 8.99. The first-order valence-electron chi connectivity index (χ1n) is 11.6. The molecule has 3 aromatic rings. The molecule has 0 atom stereocenters. The van der Waals surface area contributed by atoms with E-state index in [1.807, 2.05) is 86.6 Å². The summed E-state index contributed by atoms with van der Waals surface area (Å²) in [7, 11) is 0. The number of aryl methyl sites for hydroxylation is 2. The molecule has 0 spiro atoms. The highest BCUT2D eigenvalue weighted by atomic mass is 16.5. The molecule has 2 amide bonds. The van der Waals surface area contributed by atoms with Crippen LogP contribution in [0.15, 0.2) is 78.5 Å². The maximum absolute atomic E-state index is 13.5. The van der Waals surface area contributed by atoms with Gasteiger partial charge in [0.1, 0.15) is 11.4 Å². The number of rotatable bonds is 8. The fourth-order valence-electron chi connectivity index (χ4n) is 3.86. The molecule has 1 heterocycles. The van der Waals surface area contributed by atoms with Crippen LogP contribution in [0.5, 0.6) is 5.75 Å². The second-order valence-electron chi connectivity index (χ2n) is 9.10. The first-order chi connectivity index (χ1) is 16.3. The molecule has 1 aliphatic heterocycles. The Bertz CT molecular complexity index is 1230. The molecule has 5 nitrogen and oxygen atoms in total. The number of hydrogen-bond donors (Lipinski definition) is 1. The van der Waals surface area contributed by atoms with E-state index in [-0.39, 0.29) is 18.4 Å². The predicted octanol–water partition coefficient (Wildman–Crippen LogP) is 5.73. The SMILES string of the molecule is Cc1ccc(C)c(NC2=C(c3ccc(OCC(C)C)cc3)C(=O)N(Cc3ccccc3)C2=O)c1. The Kier molecular flexibility index (Phi) is 6.82. The number of ether oxygens (including phenoxy) is 1. The molecule has 1 aliphatic rings. The van der Waals surface area contributed by atoms with Crippen molar-refractivity contribution in [3.05, 3.63) is 101 Å². The molecule has 174 valence electrons. The van der Waals surface area contributed by atoms with Crippen LogP contribution in [0.25, 0.3) is 5.57 Å². The third-order valence-corrected chi connectivity index (χ3v) is 5.73. The molecule has 0 saturated heterocycles. The van der Waals surface area contributed by atoms with Gasteiger partial charge in [-0.2, -0.15) is 0 Å². The summed E-state index contributed by atoms with van der Waals surface area (Å²) in [5.74, 6) is 0.513. The van der Waals surface area contributed by atoms with Gasteiger partial charge in [0, 0.05) is 5.69 Å². The third-order valence-electron chi connectivity index (χ3n) is 5.73. The van der Waals surface area contributed by atoms with Crippen molar-refractivity contribution in [1.29, 1.82) is 0 Å². The van der Waals surface area contributed by atoms with E-state index >= 15 is 0 Å². The summed E-state index contributed by atoms with van der Waals surface area (Å²) in [6.07, 6.45) is 0. The Morgan fingerprint density at radius 1 is 0.882 bits per heavy atom. The zero-order chi connectivity index (χ0) is 24.2. The maximum atomic E-state index is 13.5. The Morgan fingerprint density at radius 3 is 2.26 bits per heavy atom. The standard InChI is InChI=1S/C29H30N2O3/c1-19(2)18-34-24-14-12-23(13-15-24)26-27(30-25-16-20(3)10-11-21(25)4)29(33)31(28(26)32)17-22-8-6-5-7-9-22/h5-16,19,30H,17-18H2,1-4H3. The lowest BCUT2D eigenvalue weighted by molar-refractivity contribution is -0.137. The highest BCUT2D eigenvalue weighted by molar-refractivity contribution is 6.36. The van der Waals surface area contributed by atoms with Gasteiger partial charge in [0.2, 0.25) is 0 Å². The minimum absolute atomic E-state index is 0.218. The molecule has 0 saturated carbocycles. The van der Waals surface area contributed by atoms with E-state index in [4.69, 9.17) is 4.74 Å². The Balaban J connectivity index is 1.71. The average molecular weight is 455 g/mol. The predicted molar refractivity (Wildman–Crippen MR) is 135 cm³/mol. The molecule has 0 radical (unpaired) electrons. The van der Waals surface area contributed by atoms with Crippen molar-refractivity contribution < 1.29 is 14.3 Å². The fourth-order valence-corrected chi connectivity index (χ4v) is 3.86. The van der Waals surface area contributed by atoms with Crippen LogP contribution >= 0.6 is 0 Å². The number of nitrogens with zero attached hydrogens (tertiary/aromatic N) is 1. The summed E-state index contributed by atoms with van der Waals surface area (Å²) < 4.78 is 5.79. The van der Waals surface area contributed by atoms with E-state index in [0.717, 1.165) is 28.1 Å². The van der Waals surface area contributed by atoms with Gasteiger partial charge in [-0.05, 0) is 60.2 Å². The summed E-state index contributed by atoms with van der Waals surface area (Å²) in [5.41, 5.74) is 5.12. The van der Waals surface area contributed by atoms with Crippen LogP contribution in [-0.2, 0) is 16.1 Å². The number of amides is 2. The van der Waals surface area contributed by atoms with Gasteiger partial charge in [-0.25, -0.2) is 0 Å². The van der Waals surface area contributed by atoms with Crippen LogP contribution in [0.1, 0.15) is 36.1 Å². The Morgan fingerprint density at radius 2 is 1.59 bits per heavy atom. The van der Waals surface area contributed by atoms with Gasteiger partial charge in [0.25, 0.3) is 11.8 Å². The molecule has 1 N–H and O–H groups in total. The van der Waals surface area contributed by atoms with Gasteiger partial charge in [-0.15, -0.1) is 0 Å². The number of carbonyl (C=O) groups is 2. The molecule has 0 fully saturated rings. The topological polar surface area (TPSA) is 58.6 Å². The van der Waals surface area contributed by atoms with Gasteiger partial charge in [-0.3, -0.25) is 14.5 Å². The molecule has 34 heavy (non-hydrogen) atoms. The van der Waals surface area contributed by atoms with Crippen LogP contribution in [0, 0.1) is 19.8 Å². The minimum atomic E-state index is -0.329. The average Bonchev–Trinajstić information content (AvgIpc) is 3.05. The van der Waals surface area contributed by atoms with Crippen molar-refractivity contribution in [2.45, 2.75) is 34.2 Å². The molecule has 4 rings (SSSR count). The lowest BCUT2D eigenvalue weighted by atomic mass is 10.0. The van der Waals surface area contributed by atoms with Gasteiger partial charge in [0.15, 0.2) is 0 Å². The highest BCUT2D eigenvalue weighted by Gasteiger charge is 2.39. The lowest BCUT2D eigenvalue weighted by Crippen LogP contribution is -2.32. The Labute approximate surface area is 201 Å². The zero-order valence-electron chi connectivity index (χ0n) is 20.1. The van der Waals surface area contributed by atoms with Crippen molar-refractivity contribution in [2.24, 2.45) is 5.92 Å². The number of carbonyl (C=O) groups excluding carboxylic acids is 2. The first-order valence-corrected chi connectivity index (χ1v) is 11.6. The highest BCUT2D eigenvalue weighted by Crippen LogP contribution is 2.33. The van der Waals surface area contributed by atoms with E-state index in [1.165, 1.54) is 4.90 Å². The molecular weight excluding hydrogens is 424 g/mol. The van der Waals surface area contributed by atoms with Gasteiger partial charge < -0.3 is 10.1 Å². The van der Waals surface area contributed by atoms with Crippen molar-refractivity contribution in [1.82, 2.24) is 4.90 Å². The molecule has 3 aromatic carbocycles. The number of imide groups is 1. The van der Waals surface area contributed by atoms with Gasteiger partial charge in [0.05, 0.1) is 18.7 Å². The fraction of sp³-hybridized carbons (Fsp3) is 0.241. The van der Waals surface area contributed by atoms with E-state index in [0.29, 0.717) is 29.4 Å². The molecule has 0 bridgehead atoms. The van der Waals surface area contributed by atoms with Crippen LogP contribution in [0.2, 0.25) is 0 Å². The summed E-state index contributed by atoms with van der Waals surface area (Å²) in [6, 6.07) is 22.9. The molecule has 0 unspecified atom stereocenters. The molecule has 0 aliphatic carbocycles. The van der Waals surface area contributed by atoms with Crippen molar-refractivity contribution in [2.75, 3.05) is 11.9 Å². The minimum Gasteiger partial charge on any atom is -0.493 e. The van der Waals surface area contributed by atoms with Crippen molar-refractivity contribution in [3.63, 3.8) is 0 Å². The summed E-state index contributed by atoms with van der Waals surface area (Å²) in [4.78, 5) is 28.4. The van der Waals surface area contributed by atoms with E-state index < -0.39 is 0 Å². The maximum Gasteiger partial charge on any atom is 0.278 e. The van der Waals surface area contributed by atoms with Crippen LogP contribution in [0.3, 0.4) is 0 Å². The Hall–Kier alpha value is -3.86. The molecule has 5 heteroatoms. The summed E-state index contributed by atoms with van der Waals surface area (Å²) in [5, 5.41) is 3.29. The quantitative estimate of drug-likeness (QED) is 0.442.